The molecular weight excluding hydrogens is 903 g/mol. The second kappa shape index (κ2) is 24.5. The summed E-state index contributed by atoms with van der Waals surface area (Å²) in [4.78, 5) is 18.5. The fourth-order valence-corrected chi connectivity index (χ4v) is 10.9. The summed E-state index contributed by atoms with van der Waals surface area (Å²) in [6.45, 7) is 23.9. The monoisotopic (exact) mass is 992 g/mol. The minimum Gasteiger partial charge on any atom is -0.493 e. The van der Waals surface area contributed by atoms with Crippen LogP contribution in [0.3, 0.4) is 0 Å². The highest BCUT2D eigenvalue weighted by Crippen LogP contribution is 2.40. The van der Waals surface area contributed by atoms with E-state index < -0.39 is 102 Å². The fraction of sp³-hybridized carbons (Fsp3) is 0.827. The van der Waals surface area contributed by atoms with E-state index in [4.69, 9.17) is 33.2 Å². The van der Waals surface area contributed by atoms with Crippen molar-refractivity contribution in [2.45, 2.75) is 212 Å². The zero-order chi connectivity index (χ0) is 52.0. The van der Waals surface area contributed by atoms with Crippen molar-refractivity contribution in [3.63, 3.8) is 0 Å². The summed E-state index contributed by atoms with van der Waals surface area (Å²) in [5, 5.41) is 68.5. The van der Waals surface area contributed by atoms with E-state index >= 15 is 0 Å². The van der Waals surface area contributed by atoms with Crippen molar-refractivity contribution in [3.8, 4) is 5.75 Å². The number of aliphatic hydroxyl groups excluding tert-OH is 3. The van der Waals surface area contributed by atoms with Crippen LogP contribution in [0.1, 0.15) is 113 Å². The predicted octanol–water partition coefficient (Wildman–Crippen LogP) is 4.13. The van der Waals surface area contributed by atoms with Crippen LogP contribution in [0.5, 0.6) is 5.75 Å². The van der Waals surface area contributed by atoms with E-state index in [1.165, 1.54) is 19.6 Å². The molecule has 0 saturated carbocycles. The first-order valence-electron chi connectivity index (χ1n) is 25.6. The van der Waals surface area contributed by atoms with Gasteiger partial charge < -0.3 is 68.5 Å². The van der Waals surface area contributed by atoms with E-state index in [0.29, 0.717) is 39.1 Å². The maximum absolute atomic E-state index is 14.5. The number of benzene rings is 1. The van der Waals surface area contributed by atoms with Gasteiger partial charge in [-0.2, -0.15) is 0 Å². The van der Waals surface area contributed by atoms with E-state index in [1.54, 1.807) is 41.5 Å². The third-order valence-corrected chi connectivity index (χ3v) is 15.5. The number of likely N-dealkylation sites (N-methyl/N-ethyl adjacent to an activating group) is 2. The number of aromatic nitrogens is 3. The average molecular weight is 992 g/mol. The summed E-state index contributed by atoms with van der Waals surface area (Å²) in [7, 11) is 5.30. The van der Waals surface area contributed by atoms with Crippen LogP contribution in [0.25, 0.3) is 0 Å². The number of carbonyl (C=O) groups is 1. The third kappa shape index (κ3) is 14.3. The quantitative estimate of drug-likeness (QED) is 0.159. The van der Waals surface area contributed by atoms with Crippen LogP contribution >= 0.6 is 0 Å². The Labute approximate surface area is 417 Å². The van der Waals surface area contributed by atoms with Gasteiger partial charge in [0.2, 0.25) is 0 Å². The maximum atomic E-state index is 14.5. The summed E-state index contributed by atoms with van der Waals surface area (Å²) < 4.78 is 46.1. The molecule has 3 aliphatic heterocycles. The highest BCUT2D eigenvalue weighted by Gasteiger charge is 2.53. The lowest BCUT2D eigenvalue weighted by Crippen LogP contribution is -2.61. The molecule has 4 heterocycles. The second-order valence-electron chi connectivity index (χ2n) is 22.1. The van der Waals surface area contributed by atoms with Crippen LogP contribution in [0.2, 0.25) is 0 Å². The zero-order valence-electron chi connectivity index (χ0n) is 44.7. The summed E-state index contributed by atoms with van der Waals surface area (Å²) in [5.74, 6) is -1.73. The molecule has 0 amide bonds. The van der Waals surface area contributed by atoms with Gasteiger partial charge >= 0.3 is 5.97 Å². The highest BCUT2D eigenvalue weighted by atomic mass is 16.7. The lowest BCUT2D eigenvalue weighted by atomic mass is 9.77. The first kappa shape index (κ1) is 58.0. The van der Waals surface area contributed by atoms with Gasteiger partial charge in [0.05, 0.1) is 53.8 Å². The molecule has 2 aromatic rings. The number of ether oxygens (including phenoxy) is 7. The number of hydrogen-bond donors (Lipinski definition) is 5. The van der Waals surface area contributed by atoms with Crippen LogP contribution in [0, 0.1) is 30.6 Å². The molecule has 18 heteroatoms. The van der Waals surface area contributed by atoms with Crippen LogP contribution in [0.4, 0.5) is 0 Å². The van der Waals surface area contributed by atoms with Gasteiger partial charge in [0.1, 0.15) is 35.8 Å². The molecule has 18 nitrogen and oxygen atoms in total. The number of esters is 1. The molecule has 19 atom stereocenters. The molecule has 3 saturated heterocycles. The van der Waals surface area contributed by atoms with Crippen LogP contribution in [-0.4, -0.2) is 187 Å². The van der Waals surface area contributed by atoms with E-state index in [1.807, 2.05) is 81.8 Å². The van der Waals surface area contributed by atoms with E-state index in [0.717, 1.165) is 11.4 Å². The smallest absolute Gasteiger partial charge is 0.311 e. The van der Waals surface area contributed by atoms with Gasteiger partial charge in [-0.15, -0.1) is 5.10 Å². The zero-order valence-corrected chi connectivity index (χ0v) is 44.7. The van der Waals surface area contributed by atoms with Gasteiger partial charge in [-0.3, -0.25) is 9.48 Å². The van der Waals surface area contributed by atoms with Crippen molar-refractivity contribution >= 4 is 5.97 Å². The van der Waals surface area contributed by atoms with E-state index in [2.05, 4.69) is 22.1 Å². The minimum atomic E-state index is -1.83. The minimum absolute atomic E-state index is 0.108. The SMILES string of the molecule is CC[C@H]1OC(=O)[C@H](C)[C@@H](O[C@H]2C[C@@](C)(OC)[C@@H](O)[C@H](C)O2)[C@H](C)[C@@H](O[C@@H]2O[C@H](C)C[C@H](N(C)CCc3cn(C[C@@H](C)COc4ccc(C)cc4)nn3)[C@H]2O)[C@](C)(O)C[C@@H](C)CN(C)[C@H](C)[C@@H](O)[C@]1(C)O. The summed E-state index contributed by atoms with van der Waals surface area (Å²) in [5.41, 5.74) is -2.52. The molecule has 400 valence electrons. The van der Waals surface area contributed by atoms with Crippen molar-refractivity contribution in [2.75, 3.05) is 40.9 Å². The molecule has 0 aliphatic carbocycles. The Balaban J connectivity index is 1.40. The van der Waals surface area contributed by atoms with Gasteiger partial charge in [0.15, 0.2) is 12.6 Å². The number of hydrogen-bond acceptors (Lipinski definition) is 17. The lowest BCUT2D eigenvalue weighted by molar-refractivity contribution is -0.318. The Kier molecular flexibility index (Phi) is 20.3. The molecular formula is C52H89N5O13. The van der Waals surface area contributed by atoms with Crippen molar-refractivity contribution in [3.05, 3.63) is 41.7 Å². The maximum Gasteiger partial charge on any atom is 0.311 e. The largest absolute Gasteiger partial charge is 0.493 e. The highest BCUT2D eigenvalue weighted by molar-refractivity contribution is 5.73. The van der Waals surface area contributed by atoms with E-state index in [-0.39, 0.29) is 37.2 Å². The number of methoxy groups -OCH3 is 1. The van der Waals surface area contributed by atoms with Crippen molar-refractivity contribution < 1.29 is 63.5 Å². The average Bonchev–Trinajstić information content (AvgIpc) is 3.75. The predicted molar refractivity (Wildman–Crippen MR) is 263 cm³/mol. The van der Waals surface area contributed by atoms with Gasteiger partial charge in [-0.25, -0.2) is 0 Å². The van der Waals surface area contributed by atoms with Crippen LogP contribution < -0.4 is 4.74 Å². The van der Waals surface area contributed by atoms with Gasteiger partial charge in [0, 0.05) is 69.7 Å². The molecule has 0 radical (unpaired) electrons. The molecule has 0 bridgehead atoms. The Bertz CT molecular complexity index is 1920. The fourth-order valence-electron chi connectivity index (χ4n) is 10.9. The van der Waals surface area contributed by atoms with Crippen LogP contribution in [0.15, 0.2) is 30.5 Å². The van der Waals surface area contributed by atoms with Crippen molar-refractivity contribution in [1.82, 2.24) is 24.8 Å². The third-order valence-electron chi connectivity index (χ3n) is 15.5. The summed E-state index contributed by atoms with van der Waals surface area (Å²) in [6, 6.07) is 7.03. The summed E-state index contributed by atoms with van der Waals surface area (Å²) >= 11 is 0. The molecule has 1 aromatic heterocycles. The molecule has 0 unspecified atom stereocenters. The molecule has 5 rings (SSSR count). The molecule has 1 aromatic carbocycles. The molecule has 70 heavy (non-hydrogen) atoms. The number of aryl methyl sites for hydroxylation is 1. The van der Waals surface area contributed by atoms with Crippen molar-refractivity contribution in [2.24, 2.45) is 23.7 Å². The molecule has 3 fully saturated rings. The molecule has 5 N–H and O–H groups in total. The Morgan fingerprint density at radius 2 is 1.64 bits per heavy atom. The Morgan fingerprint density at radius 1 is 0.971 bits per heavy atom. The normalized spacial score (nSPS) is 40.3. The first-order chi connectivity index (χ1) is 32.7. The molecule has 3 aliphatic rings. The van der Waals surface area contributed by atoms with Gasteiger partial charge in [-0.1, -0.05) is 50.6 Å². The van der Waals surface area contributed by atoms with Gasteiger partial charge in [0.25, 0.3) is 0 Å². The second-order valence-corrected chi connectivity index (χ2v) is 22.1. The Hall–Kier alpha value is -2.85. The standard InChI is InChI=1S/C52H89N5O13/c1-16-41-52(12,63)45(59)36(8)56(14)26-31(3)24-50(10,62)47(34(6)44(35(7)48(61)68-41)69-42-25-51(11,64-15)46(60)37(9)67-42)70-49-43(58)40(23-33(5)66-49)55(13)22-21-38-28-57(54-53-38)27-32(4)29-65-39-19-17-30(2)18-20-39/h17-20,28,31-37,40-47,49,58-60,62-63H,16,21-27,29H2,1-15H3/t31-,32-,33-,34+,35-,36-,37+,40+,41-,42+,43-,44+,45-,46+,47-,49+,50-,51-,52-/m1/s1. The van der Waals surface area contributed by atoms with E-state index in [9.17, 15) is 30.3 Å². The Morgan fingerprint density at radius 3 is 2.29 bits per heavy atom. The number of aliphatic hydroxyl groups is 5. The summed E-state index contributed by atoms with van der Waals surface area (Å²) in [6.07, 6.45) is -6.39. The number of rotatable bonds is 15. The topological polar surface area (TPSA) is 220 Å². The lowest BCUT2D eigenvalue weighted by Gasteiger charge is -2.49. The van der Waals surface area contributed by atoms with Crippen LogP contribution in [-0.2, 0) is 46.2 Å². The van der Waals surface area contributed by atoms with Crippen molar-refractivity contribution in [1.29, 1.82) is 0 Å². The number of nitrogens with zero attached hydrogens (tertiary/aromatic N) is 5. The van der Waals surface area contributed by atoms with Gasteiger partial charge in [-0.05, 0) is 107 Å². The number of carbonyl (C=O) groups excluding carboxylic acids is 1. The number of cyclic esters (lactones) is 1. The first-order valence-corrected chi connectivity index (χ1v) is 25.6. The molecule has 0 spiro atoms.